The van der Waals surface area contributed by atoms with Crippen LogP contribution in [0.3, 0.4) is 0 Å². The van der Waals surface area contributed by atoms with Crippen molar-refractivity contribution in [2.24, 2.45) is 5.92 Å². The third-order valence-corrected chi connectivity index (χ3v) is 3.90. The summed E-state index contributed by atoms with van der Waals surface area (Å²) in [6.07, 6.45) is 6.24. The Morgan fingerprint density at radius 3 is 3.00 bits per heavy atom. The molecule has 0 bridgehead atoms. The van der Waals surface area contributed by atoms with Crippen molar-refractivity contribution in [2.45, 2.75) is 25.8 Å². The first-order chi connectivity index (χ1) is 6.86. The van der Waals surface area contributed by atoms with E-state index >= 15 is 0 Å². The Hall–Kier alpha value is -0.640. The number of hydrogen-bond acceptors (Lipinski definition) is 3. The molecule has 3 nitrogen and oxygen atoms in total. The molecule has 1 aliphatic rings. The smallest absolute Gasteiger partial charge is 0.123 e. The van der Waals surface area contributed by atoms with Gasteiger partial charge in [-0.2, -0.15) is 11.8 Å². The van der Waals surface area contributed by atoms with E-state index in [0.717, 1.165) is 11.7 Å². The Morgan fingerprint density at radius 1 is 1.57 bits per heavy atom. The summed E-state index contributed by atoms with van der Waals surface area (Å²) in [5.41, 5.74) is 0. The molecule has 2 N–H and O–H groups in total. The second kappa shape index (κ2) is 4.73. The molecule has 2 rings (SSSR count). The highest BCUT2D eigenvalue weighted by atomic mass is 32.2. The molecule has 0 aliphatic carbocycles. The number of thioether (sulfide) groups is 1. The zero-order chi connectivity index (χ0) is 9.80. The van der Waals surface area contributed by atoms with E-state index in [1.807, 2.05) is 6.20 Å². The van der Waals surface area contributed by atoms with Crippen LogP contribution in [-0.4, -0.2) is 27.5 Å². The summed E-state index contributed by atoms with van der Waals surface area (Å²) in [7, 11) is 0. The van der Waals surface area contributed by atoms with Gasteiger partial charge in [0.25, 0.3) is 0 Å². The van der Waals surface area contributed by atoms with Gasteiger partial charge in [-0.05, 0) is 37.2 Å². The number of rotatable bonds is 3. The molecule has 0 saturated carbocycles. The van der Waals surface area contributed by atoms with Crippen LogP contribution < -0.4 is 5.32 Å². The van der Waals surface area contributed by atoms with E-state index in [4.69, 9.17) is 0 Å². The van der Waals surface area contributed by atoms with Crippen LogP contribution >= 0.6 is 11.8 Å². The second-order valence-corrected chi connectivity index (χ2v) is 5.07. The zero-order valence-electron chi connectivity index (χ0n) is 8.49. The molecule has 1 unspecified atom stereocenters. The van der Waals surface area contributed by atoms with E-state index in [0.29, 0.717) is 6.04 Å². The van der Waals surface area contributed by atoms with Gasteiger partial charge in [-0.3, -0.25) is 0 Å². The summed E-state index contributed by atoms with van der Waals surface area (Å²) in [6.45, 7) is 2.27. The maximum Gasteiger partial charge on any atom is 0.123 e. The largest absolute Gasteiger partial charge is 0.368 e. The molecule has 1 atom stereocenters. The number of aromatic nitrogens is 2. The van der Waals surface area contributed by atoms with Gasteiger partial charge >= 0.3 is 0 Å². The Balaban J connectivity index is 1.85. The van der Waals surface area contributed by atoms with Crippen LogP contribution in [0.2, 0.25) is 0 Å². The van der Waals surface area contributed by atoms with E-state index in [2.05, 4.69) is 34.0 Å². The van der Waals surface area contributed by atoms with Crippen LogP contribution in [0.25, 0.3) is 0 Å². The zero-order valence-corrected chi connectivity index (χ0v) is 9.31. The van der Waals surface area contributed by atoms with Crippen molar-refractivity contribution in [3.8, 4) is 0 Å². The first-order valence-corrected chi connectivity index (χ1v) is 6.34. The third-order valence-electron chi connectivity index (χ3n) is 2.85. The standard InChI is InChI=1S/C10H17N3S/c1-8(9-2-4-14-5-3-9)13-10-6-11-7-12-10/h6-9,13H,2-5H2,1H3,(H,11,12). The van der Waals surface area contributed by atoms with E-state index in [-0.39, 0.29) is 0 Å². The number of imidazole rings is 1. The molecule has 0 spiro atoms. The molecule has 1 fully saturated rings. The minimum atomic E-state index is 0.552. The molecule has 0 aromatic carbocycles. The van der Waals surface area contributed by atoms with Crippen LogP contribution in [0.15, 0.2) is 12.5 Å². The van der Waals surface area contributed by atoms with Crippen molar-refractivity contribution in [2.75, 3.05) is 16.8 Å². The molecule has 2 heterocycles. The van der Waals surface area contributed by atoms with Gasteiger partial charge < -0.3 is 10.3 Å². The molecule has 14 heavy (non-hydrogen) atoms. The van der Waals surface area contributed by atoms with Crippen molar-refractivity contribution >= 4 is 17.6 Å². The lowest BCUT2D eigenvalue weighted by Crippen LogP contribution is -2.29. The Morgan fingerprint density at radius 2 is 2.36 bits per heavy atom. The van der Waals surface area contributed by atoms with E-state index in [9.17, 15) is 0 Å². The highest BCUT2D eigenvalue weighted by Gasteiger charge is 2.20. The van der Waals surface area contributed by atoms with Gasteiger partial charge in [0.15, 0.2) is 0 Å². The average molecular weight is 211 g/mol. The molecule has 1 aromatic heterocycles. The maximum absolute atomic E-state index is 4.00. The highest BCUT2D eigenvalue weighted by molar-refractivity contribution is 7.99. The van der Waals surface area contributed by atoms with Crippen molar-refractivity contribution in [3.05, 3.63) is 12.5 Å². The van der Waals surface area contributed by atoms with Crippen LogP contribution in [0.4, 0.5) is 5.82 Å². The molecule has 1 aromatic rings. The van der Waals surface area contributed by atoms with Crippen molar-refractivity contribution in [1.29, 1.82) is 0 Å². The quantitative estimate of drug-likeness (QED) is 0.806. The molecule has 1 aliphatic heterocycles. The summed E-state index contributed by atoms with van der Waals surface area (Å²) < 4.78 is 0. The molecule has 78 valence electrons. The molecule has 4 heteroatoms. The highest BCUT2D eigenvalue weighted by Crippen LogP contribution is 2.26. The topological polar surface area (TPSA) is 40.7 Å². The van der Waals surface area contributed by atoms with Crippen molar-refractivity contribution in [1.82, 2.24) is 9.97 Å². The average Bonchev–Trinajstić information content (AvgIpc) is 2.72. The van der Waals surface area contributed by atoms with Gasteiger partial charge in [0, 0.05) is 6.04 Å². The van der Waals surface area contributed by atoms with Crippen LogP contribution in [0, 0.1) is 5.92 Å². The van der Waals surface area contributed by atoms with Crippen molar-refractivity contribution < 1.29 is 0 Å². The lowest BCUT2D eigenvalue weighted by atomic mass is 9.95. The molecular formula is C10H17N3S. The summed E-state index contributed by atoms with van der Waals surface area (Å²) in [5, 5.41) is 3.46. The van der Waals surface area contributed by atoms with E-state index in [1.54, 1.807) is 6.33 Å². The molecule has 0 amide bonds. The SMILES string of the molecule is CC(Nc1cnc[nH]1)C1CCSCC1. The van der Waals surface area contributed by atoms with E-state index in [1.165, 1.54) is 24.3 Å². The summed E-state index contributed by atoms with van der Waals surface area (Å²) >= 11 is 2.08. The Bertz CT molecular complexity index is 254. The van der Waals surface area contributed by atoms with Crippen LogP contribution in [0.1, 0.15) is 19.8 Å². The normalized spacial score (nSPS) is 20.6. The van der Waals surface area contributed by atoms with Crippen LogP contribution in [-0.2, 0) is 0 Å². The number of H-pyrrole nitrogens is 1. The maximum atomic E-state index is 4.00. The van der Waals surface area contributed by atoms with Crippen LogP contribution in [0.5, 0.6) is 0 Å². The monoisotopic (exact) mass is 211 g/mol. The van der Waals surface area contributed by atoms with Gasteiger partial charge in [0.1, 0.15) is 5.82 Å². The summed E-state index contributed by atoms with van der Waals surface area (Å²) in [5.74, 6) is 4.49. The van der Waals surface area contributed by atoms with Crippen molar-refractivity contribution in [3.63, 3.8) is 0 Å². The fourth-order valence-corrected chi connectivity index (χ4v) is 3.06. The Labute approximate surface area is 89.1 Å². The lowest BCUT2D eigenvalue weighted by Gasteiger charge is -2.28. The van der Waals surface area contributed by atoms with E-state index < -0.39 is 0 Å². The molecule has 1 saturated heterocycles. The van der Waals surface area contributed by atoms with Gasteiger partial charge in [0.2, 0.25) is 0 Å². The molecule has 0 radical (unpaired) electrons. The predicted molar refractivity (Wildman–Crippen MR) is 61.7 cm³/mol. The van der Waals surface area contributed by atoms with Gasteiger partial charge in [-0.15, -0.1) is 0 Å². The second-order valence-electron chi connectivity index (χ2n) is 3.85. The Kier molecular flexibility index (Phi) is 3.35. The number of nitrogens with zero attached hydrogens (tertiary/aromatic N) is 1. The van der Waals surface area contributed by atoms with Gasteiger partial charge in [0.05, 0.1) is 12.5 Å². The number of aromatic amines is 1. The number of hydrogen-bond donors (Lipinski definition) is 2. The van der Waals surface area contributed by atoms with Gasteiger partial charge in [-0.1, -0.05) is 0 Å². The predicted octanol–water partition coefficient (Wildman–Crippen LogP) is 2.35. The first-order valence-electron chi connectivity index (χ1n) is 5.19. The summed E-state index contributed by atoms with van der Waals surface area (Å²) in [4.78, 5) is 7.08. The fourth-order valence-electron chi connectivity index (χ4n) is 1.91. The first kappa shape index (κ1) is 9.90. The minimum absolute atomic E-state index is 0.552. The number of anilines is 1. The molecular weight excluding hydrogens is 194 g/mol. The third kappa shape index (κ3) is 2.44. The van der Waals surface area contributed by atoms with Gasteiger partial charge in [-0.25, -0.2) is 4.98 Å². The fraction of sp³-hybridized carbons (Fsp3) is 0.700. The summed E-state index contributed by atoms with van der Waals surface area (Å²) in [6, 6.07) is 0.552. The minimum Gasteiger partial charge on any atom is -0.368 e. The lowest BCUT2D eigenvalue weighted by molar-refractivity contribution is 0.435. The number of nitrogens with one attached hydrogen (secondary N) is 2.